The molecule has 0 aromatic heterocycles. The highest BCUT2D eigenvalue weighted by atomic mass is 35.5. The Bertz CT molecular complexity index is 617. The fourth-order valence-electron chi connectivity index (χ4n) is 1.86. The molecular formula is C16H17ClN2O2. The maximum Gasteiger partial charge on any atom is 0.246 e. The normalized spacial score (nSPS) is 11.6. The Morgan fingerprint density at radius 2 is 1.90 bits per heavy atom. The van der Waals surface area contributed by atoms with Crippen LogP contribution in [-0.4, -0.2) is 19.1 Å². The third-order valence-electron chi connectivity index (χ3n) is 2.97. The third kappa shape index (κ3) is 4.13. The van der Waals surface area contributed by atoms with Gasteiger partial charge in [0, 0.05) is 10.7 Å². The molecule has 0 heterocycles. The summed E-state index contributed by atoms with van der Waals surface area (Å²) < 4.78 is 5.25. The molecule has 0 spiro atoms. The van der Waals surface area contributed by atoms with Crippen molar-refractivity contribution >= 4 is 28.9 Å². The first-order chi connectivity index (χ1) is 10.1. The van der Waals surface area contributed by atoms with Crippen LogP contribution in [0.4, 0.5) is 11.4 Å². The minimum Gasteiger partial charge on any atom is -0.495 e. The van der Waals surface area contributed by atoms with Crippen molar-refractivity contribution in [1.29, 1.82) is 0 Å². The molecular weight excluding hydrogens is 288 g/mol. The smallest absolute Gasteiger partial charge is 0.246 e. The van der Waals surface area contributed by atoms with Crippen molar-refractivity contribution in [3.8, 4) is 5.75 Å². The molecule has 0 fully saturated rings. The van der Waals surface area contributed by atoms with Crippen molar-refractivity contribution < 1.29 is 9.53 Å². The van der Waals surface area contributed by atoms with Crippen LogP contribution in [-0.2, 0) is 4.79 Å². The third-order valence-corrected chi connectivity index (χ3v) is 3.20. The molecule has 2 rings (SSSR count). The molecule has 110 valence electrons. The molecule has 0 aliphatic rings. The van der Waals surface area contributed by atoms with Crippen molar-refractivity contribution in [2.24, 2.45) is 0 Å². The summed E-state index contributed by atoms with van der Waals surface area (Å²) >= 11 is 5.97. The summed E-state index contributed by atoms with van der Waals surface area (Å²) in [6.45, 7) is 1.78. The fraction of sp³-hybridized carbons (Fsp3) is 0.188. The molecule has 0 saturated carbocycles. The quantitative estimate of drug-likeness (QED) is 0.883. The lowest BCUT2D eigenvalue weighted by atomic mass is 10.2. The maximum atomic E-state index is 12.2. The number of benzene rings is 2. The number of carbonyl (C=O) groups excluding carboxylic acids is 1. The number of anilines is 2. The highest BCUT2D eigenvalue weighted by Gasteiger charge is 2.15. The molecule has 4 nitrogen and oxygen atoms in total. The van der Waals surface area contributed by atoms with Crippen molar-refractivity contribution in [3.05, 3.63) is 53.6 Å². The molecule has 21 heavy (non-hydrogen) atoms. The molecule has 0 aliphatic carbocycles. The second kappa shape index (κ2) is 6.99. The Kier molecular flexibility index (Phi) is 5.06. The maximum absolute atomic E-state index is 12.2. The van der Waals surface area contributed by atoms with E-state index in [2.05, 4.69) is 10.6 Å². The SMILES string of the molecule is COc1ccc(Cl)cc1NC(C)C(=O)Nc1ccccc1. The van der Waals surface area contributed by atoms with E-state index in [0.29, 0.717) is 16.5 Å². The van der Waals surface area contributed by atoms with Gasteiger partial charge < -0.3 is 15.4 Å². The Labute approximate surface area is 129 Å². The number of para-hydroxylation sites is 1. The highest BCUT2D eigenvalue weighted by molar-refractivity contribution is 6.31. The van der Waals surface area contributed by atoms with Crippen LogP contribution < -0.4 is 15.4 Å². The van der Waals surface area contributed by atoms with E-state index in [0.717, 1.165) is 5.69 Å². The minimum absolute atomic E-state index is 0.136. The standard InChI is InChI=1S/C16H17ClN2O2/c1-11(16(20)19-13-6-4-3-5-7-13)18-14-10-12(17)8-9-15(14)21-2/h3-11,18H,1-2H3,(H,19,20). The molecule has 1 atom stereocenters. The van der Waals surface area contributed by atoms with E-state index in [1.54, 1.807) is 32.2 Å². The Morgan fingerprint density at radius 1 is 1.19 bits per heavy atom. The van der Waals surface area contributed by atoms with E-state index < -0.39 is 6.04 Å². The van der Waals surface area contributed by atoms with E-state index in [1.807, 2.05) is 30.3 Å². The largest absolute Gasteiger partial charge is 0.495 e. The fourth-order valence-corrected chi connectivity index (χ4v) is 2.04. The van der Waals surface area contributed by atoms with Gasteiger partial charge in [0.25, 0.3) is 0 Å². The van der Waals surface area contributed by atoms with E-state index in [1.165, 1.54) is 0 Å². The number of hydrogen-bond donors (Lipinski definition) is 2. The lowest BCUT2D eigenvalue weighted by Gasteiger charge is -2.17. The van der Waals surface area contributed by atoms with Gasteiger partial charge in [0.2, 0.25) is 5.91 Å². The molecule has 2 N–H and O–H groups in total. The van der Waals surface area contributed by atoms with Crippen LogP contribution in [0.25, 0.3) is 0 Å². The average molecular weight is 305 g/mol. The molecule has 0 aliphatic heterocycles. The first-order valence-electron chi connectivity index (χ1n) is 6.56. The van der Waals surface area contributed by atoms with Crippen LogP contribution in [0.1, 0.15) is 6.92 Å². The number of halogens is 1. The average Bonchev–Trinajstić information content (AvgIpc) is 2.48. The van der Waals surface area contributed by atoms with Crippen LogP contribution in [0.5, 0.6) is 5.75 Å². The number of nitrogens with one attached hydrogen (secondary N) is 2. The van der Waals surface area contributed by atoms with Gasteiger partial charge in [-0.05, 0) is 37.3 Å². The predicted octanol–water partition coefficient (Wildman–Crippen LogP) is 3.79. The second-order valence-electron chi connectivity index (χ2n) is 4.57. The van der Waals surface area contributed by atoms with Gasteiger partial charge in [-0.15, -0.1) is 0 Å². The Morgan fingerprint density at radius 3 is 2.57 bits per heavy atom. The summed E-state index contributed by atoms with van der Waals surface area (Å²) in [5.74, 6) is 0.502. The molecule has 0 saturated heterocycles. The van der Waals surface area contributed by atoms with Gasteiger partial charge in [-0.2, -0.15) is 0 Å². The van der Waals surface area contributed by atoms with Crippen molar-refractivity contribution in [1.82, 2.24) is 0 Å². The van der Waals surface area contributed by atoms with Gasteiger partial charge in [-0.1, -0.05) is 29.8 Å². The monoisotopic (exact) mass is 304 g/mol. The summed E-state index contributed by atoms with van der Waals surface area (Å²) in [4.78, 5) is 12.2. The first kappa shape index (κ1) is 15.2. The molecule has 5 heteroatoms. The lowest BCUT2D eigenvalue weighted by Crippen LogP contribution is -2.32. The zero-order valence-corrected chi connectivity index (χ0v) is 12.6. The summed E-state index contributed by atoms with van der Waals surface area (Å²) in [5.41, 5.74) is 1.44. The number of carbonyl (C=O) groups is 1. The van der Waals surface area contributed by atoms with E-state index >= 15 is 0 Å². The number of ether oxygens (including phenoxy) is 1. The van der Waals surface area contributed by atoms with Gasteiger partial charge in [0.15, 0.2) is 0 Å². The van der Waals surface area contributed by atoms with E-state index in [4.69, 9.17) is 16.3 Å². The number of hydrogen-bond acceptors (Lipinski definition) is 3. The van der Waals surface area contributed by atoms with Gasteiger partial charge in [-0.25, -0.2) is 0 Å². The lowest BCUT2D eigenvalue weighted by molar-refractivity contribution is -0.116. The van der Waals surface area contributed by atoms with Crippen LogP contribution in [0.2, 0.25) is 5.02 Å². The van der Waals surface area contributed by atoms with Gasteiger partial charge in [-0.3, -0.25) is 4.79 Å². The van der Waals surface area contributed by atoms with E-state index in [-0.39, 0.29) is 5.91 Å². The van der Waals surface area contributed by atoms with Gasteiger partial charge in [0.05, 0.1) is 12.8 Å². The van der Waals surface area contributed by atoms with Crippen molar-refractivity contribution in [2.45, 2.75) is 13.0 Å². The molecule has 2 aromatic carbocycles. The molecule has 2 aromatic rings. The summed E-state index contributed by atoms with van der Waals surface area (Å²) in [6, 6.07) is 14.1. The minimum atomic E-state index is -0.433. The predicted molar refractivity (Wildman–Crippen MR) is 86.2 cm³/mol. The van der Waals surface area contributed by atoms with Gasteiger partial charge in [0.1, 0.15) is 11.8 Å². The van der Waals surface area contributed by atoms with Crippen molar-refractivity contribution in [2.75, 3.05) is 17.7 Å². The molecule has 0 bridgehead atoms. The van der Waals surface area contributed by atoms with Crippen LogP contribution in [0.3, 0.4) is 0 Å². The van der Waals surface area contributed by atoms with Crippen LogP contribution >= 0.6 is 11.6 Å². The number of rotatable bonds is 5. The second-order valence-corrected chi connectivity index (χ2v) is 5.00. The zero-order valence-electron chi connectivity index (χ0n) is 11.9. The Balaban J connectivity index is 2.05. The highest BCUT2D eigenvalue weighted by Crippen LogP contribution is 2.28. The van der Waals surface area contributed by atoms with Crippen LogP contribution in [0, 0.1) is 0 Å². The molecule has 0 radical (unpaired) electrons. The zero-order chi connectivity index (χ0) is 15.2. The Hall–Kier alpha value is -2.20. The summed E-state index contributed by atoms with van der Waals surface area (Å²) in [7, 11) is 1.57. The molecule has 1 amide bonds. The summed E-state index contributed by atoms with van der Waals surface area (Å²) in [5, 5.41) is 6.52. The summed E-state index contributed by atoms with van der Waals surface area (Å²) in [6.07, 6.45) is 0. The van der Waals surface area contributed by atoms with Crippen LogP contribution in [0.15, 0.2) is 48.5 Å². The topological polar surface area (TPSA) is 50.4 Å². The van der Waals surface area contributed by atoms with Crippen molar-refractivity contribution in [3.63, 3.8) is 0 Å². The van der Waals surface area contributed by atoms with Gasteiger partial charge >= 0.3 is 0 Å². The van der Waals surface area contributed by atoms with E-state index in [9.17, 15) is 4.79 Å². The number of amides is 1. The first-order valence-corrected chi connectivity index (χ1v) is 6.94. The number of methoxy groups -OCH3 is 1. The molecule has 1 unspecified atom stereocenters.